The molecule has 0 radical (unpaired) electrons. The van der Waals surface area contributed by atoms with Gasteiger partial charge < -0.3 is 10.6 Å². The first kappa shape index (κ1) is 14.3. The summed E-state index contributed by atoms with van der Waals surface area (Å²) in [7, 11) is 0. The summed E-state index contributed by atoms with van der Waals surface area (Å²) >= 11 is 0. The fourth-order valence-electron chi connectivity index (χ4n) is 2.11. The molecule has 1 amide bonds. The van der Waals surface area contributed by atoms with Gasteiger partial charge in [-0.15, -0.1) is 0 Å². The number of nitrogens with one attached hydrogen (secondary N) is 2. The van der Waals surface area contributed by atoms with E-state index in [0.717, 1.165) is 12.8 Å². The van der Waals surface area contributed by atoms with Crippen LogP contribution in [0.15, 0.2) is 12.1 Å². The van der Waals surface area contributed by atoms with Gasteiger partial charge in [-0.2, -0.15) is 0 Å². The number of piperidine rings is 1. The molecule has 1 saturated heterocycles. The van der Waals surface area contributed by atoms with Gasteiger partial charge in [-0.1, -0.05) is 6.42 Å². The smallest absolute Gasteiger partial charge is 0.298 e. The van der Waals surface area contributed by atoms with Crippen LogP contribution in [-0.2, 0) is 4.79 Å². The van der Waals surface area contributed by atoms with Gasteiger partial charge in [0.25, 0.3) is 5.69 Å². The fourth-order valence-corrected chi connectivity index (χ4v) is 2.11. The topological polar surface area (TPSA) is 84.3 Å². The minimum atomic E-state index is -1.17. The third kappa shape index (κ3) is 3.08. The van der Waals surface area contributed by atoms with Gasteiger partial charge in [0.15, 0.2) is 11.5 Å². The molecule has 20 heavy (non-hydrogen) atoms. The van der Waals surface area contributed by atoms with Crippen molar-refractivity contribution >= 4 is 17.3 Å². The lowest BCUT2D eigenvalue weighted by atomic mass is 10.0. The van der Waals surface area contributed by atoms with E-state index in [-0.39, 0.29) is 0 Å². The summed E-state index contributed by atoms with van der Waals surface area (Å²) in [4.78, 5) is 21.8. The second-order valence-corrected chi connectivity index (χ2v) is 4.53. The van der Waals surface area contributed by atoms with Crippen molar-refractivity contribution < 1.29 is 18.5 Å². The quantitative estimate of drug-likeness (QED) is 0.656. The third-order valence-corrected chi connectivity index (χ3v) is 3.11. The molecule has 0 aliphatic carbocycles. The SMILES string of the molecule is O=C(Nc1c(F)cc(F)cc1[N+](=O)[O-])[C@H]1CCCCN1. The highest BCUT2D eigenvalue weighted by molar-refractivity contribution is 5.96. The van der Waals surface area contributed by atoms with Crippen molar-refractivity contribution in [3.63, 3.8) is 0 Å². The standard InChI is InChI=1S/C12H13F2N3O3/c13-7-5-8(14)11(10(6-7)17(19)20)16-12(18)9-3-1-2-4-15-9/h5-6,9,15H,1-4H2,(H,16,18)/t9-/m1/s1. The zero-order valence-electron chi connectivity index (χ0n) is 10.5. The molecule has 1 heterocycles. The largest absolute Gasteiger partial charge is 0.317 e. The number of nitrogens with zero attached hydrogens (tertiary/aromatic N) is 1. The number of hydrogen-bond acceptors (Lipinski definition) is 4. The highest BCUT2D eigenvalue weighted by atomic mass is 19.1. The van der Waals surface area contributed by atoms with E-state index < -0.39 is 39.9 Å². The zero-order valence-corrected chi connectivity index (χ0v) is 10.5. The molecule has 1 aliphatic rings. The van der Waals surface area contributed by atoms with E-state index >= 15 is 0 Å². The maximum atomic E-state index is 13.6. The fraction of sp³-hybridized carbons (Fsp3) is 0.417. The maximum Gasteiger partial charge on any atom is 0.298 e. The number of benzene rings is 1. The van der Waals surface area contributed by atoms with Crippen LogP contribution in [0.3, 0.4) is 0 Å². The molecule has 2 N–H and O–H groups in total. The van der Waals surface area contributed by atoms with Crippen LogP contribution in [0.5, 0.6) is 0 Å². The van der Waals surface area contributed by atoms with Gasteiger partial charge in [0.1, 0.15) is 5.82 Å². The Hall–Kier alpha value is -2.09. The molecule has 1 fully saturated rings. The van der Waals surface area contributed by atoms with Gasteiger partial charge in [0, 0.05) is 6.07 Å². The van der Waals surface area contributed by atoms with E-state index in [1.54, 1.807) is 0 Å². The monoisotopic (exact) mass is 285 g/mol. The van der Waals surface area contributed by atoms with Gasteiger partial charge in [-0.25, -0.2) is 8.78 Å². The minimum absolute atomic E-state index is 0.497. The summed E-state index contributed by atoms with van der Waals surface area (Å²) < 4.78 is 26.6. The number of hydrogen-bond donors (Lipinski definition) is 2. The average molecular weight is 285 g/mol. The third-order valence-electron chi connectivity index (χ3n) is 3.11. The van der Waals surface area contributed by atoms with Gasteiger partial charge in [0.2, 0.25) is 5.91 Å². The Balaban J connectivity index is 2.23. The van der Waals surface area contributed by atoms with Crippen molar-refractivity contribution in [1.82, 2.24) is 5.32 Å². The first-order chi connectivity index (χ1) is 9.49. The second kappa shape index (κ2) is 5.91. The van der Waals surface area contributed by atoms with Crippen LogP contribution in [-0.4, -0.2) is 23.4 Å². The van der Waals surface area contributed by atoms with Gasteiger partial charge in [0.05, 0.1) is 17.0 Å². The molecule has 2 rings (SSSR count). The lowest BCUT2D eigenvalue weighted by molar-refractivity contribution is -0.384. The highest BCUT2D eigenvalue weighted by Gasteiger charge is 2.26. The Morgan fingerprint density at radius 1 is 1.40 bits per heavy atom. The zero-order chi connectivity index (χ0) is 14.7. The molecule has 8 heteroatoms. The predicted octanol–water partition coefficient (Wildman–Crippen LogP) is 1.95. The highest BCUT2D eigenvalue weighted by Crippen LogP contribution is 2.29. The molecule has 0 unspecified atom stereocenters. The van der Waals surface area contributed by atoms with Crippen molar-refractivity contribution in [3.05, 3.63) is 33.9 Å². The predicted molar refractivity (Wildman–Crippen MR) is 67.3 cm³/mol. The van der Waals surface area contributed by atoms with E-state index in [1.807, 2.05) is 0 Å². The number of nitro benzene ring substituents is 1. The van der Waals surface area contributed by atoms with E-state index in [2.05, 4.69) is 10.6 Å². The normalized spacial score (nSPS) is 18.6. The summed E-state index contributed by atoms with van der Waals surface area (Å²) in [5, 5.41) is 15.9. The molecule has 1 atom stereocenters. The van der Waals surface area contributed by atoms with Crippen LogP contribution >= 0.6 is 0 Å². The summed E-state index contributed by atoms with van der Waals surface area (Å²) in [6.07, 6.45) is 2.36. The van der Waals surface area contributed by atoms with E-state index in [0.29, 0.717) is 25.1 Å². The van der Waals surface area contributed by atoms with Crippen LogP contribution in [0.2, 0.25) is 0 Å². The molecule has 0 aromatic heterocycles. The summed E-state index contributed by atoms with van der Waals surface area (Å²) in [6, 6.07) is 0.553. The Morgan fingerprint density at radius 3 is 2.75 bits per heavy atom. The number of amides is 1. The number of anilines is 1. The Kier molecular flexibility index (Phi) is 4.23. The molecule has 0 spiro atoms. The molecular weight excluding hydrogens is 272 g/mol. The lowest BCUT2D eigenvalue weighted by Gasteiger charge is -2.22. The molecule has 1 aromatic carbocycles. The number of carbonyl (C=O) groups excluding carboxylic acids is 1. The number of halogens is 2. The maximum absolute atomic E-state index is 13.6. The minimum Gasteiger partial charge on any atom is -0.317 e. The molecular formula is C12H13F2N3O3. The van der Waals surface area contributed by atoms with E-state index in [1.165, 1.54) is 0 Å². The van der Waals surface area contributed by atoms with Crippen molar-refractivity contribution in [1.29, 1.82) is 0 Å². The second-order valence-electron chi connectivity index (χ2n) is 4.53. The molecule has 1 aromatic rings. The number of rotatable bonds is 3. The number of carbonyl (C=O) groups is 1. The van der Waals surface area contributed by atoms with Gasteiger partial charge >= 0.3 is 0 Å². The molecule has 0 bridgehead atoms. The van der Waals surface area contributed by atoms with Crippen molar-refractivity contribution in [2.45, 2.75) is 25.3 Å². The Morgan fingerprint density at radius 2 is 2.15 bits per heavy atom. The molecule has 1 aliphatic heterocycles. The number of nitro groups is 1. The summed E-state index contributed by atoms with van der Waals surface area (Å²) in [5.41, 5.74) is -1.40. The average Bonchev–Trinajstić information content (AvgIpc) is 2.42. The summed E-state index contributed by atoms with van der Waals surface area (Å²) in [6.45, 7) is 0.659. The van der Waals surface area contributed by atoms with Crippen LogP contribution in [0.4, 0.5) is 20.2 Å². The van der Waals surface area contributed by atoms with Crippen molar-refractivity contribution in [3.8, 4) is 0 Å². The van der Waals surface area contributed by atoms with Crippen LogP contribution in [0, 0.1) is 21.7 Å². The lowest BCUT2D eigenvalue weighted by Crippen LogP contribution is -2.43. The molecule has 108 valence electrons. The van der Waals surface area contributed by atoms with E-state index in [4.69, 9.17) is 0 Å². The van der Waals surface area contributed by atoms with Crippen molar-refractivity contribution in [2.75, 3.05) is 11.9 Å². The van der Waals surface area contributed by atoms with Gasteiger partial charge in [-0.3, -0.25) is 14.9 Å². The first-order valence-electron chi connectivity index (χ1n) is 6.16. The summed E-state index contributed by atoms with van der Waals surface area (Å²) in [5.74, 6) is -2.79. The van der Waals surface area contributed by atoms with Crippen LogP contribution in [0.1, 0.15) is 19.3 Å². The van der Waals surface area contributed by atoms with Gasteiger partial charge in [-0.05, 0) is 19.4 Å². The molecule has 0 saturated carbocycles. The van der Waals surface area contributed by atoms with Crippen LogP contribution in [0.25, 0.3) is 0 Å². The Labute approximate surface area is 113 Å². The van der Waals surface area contributed by atoms with Crippen LogP contribution < -0.4 is 10.6 Å². The first-order valence-corrected chi connectivity index (χ1v) is 6.16. The van der Waals surface area contributed by atoms with E-state index in [9.17, 15) is 23.7 Å². The molecule has 6 nitrogen and oxygen atoms in total. The van der Waals surface area contributed by atoms with Crippen molar-refractivity contribution in [2.24, 2.45) is 0 Å². The Bertz CT molecular complexity index is 545.